The van der Waals surface area contributed by atoms with Crippen LogP contribution in [0.1, 0.15) is 29.2 Å². The molecule has 1 aromatic heterocycles. The van der Waals surface area contributed by atoms with Crippen molar-refractivity contribution in [2.24, 2.45) is 0 Å². The smallest absolute Gasteiger partial charge is 0.226 e. The van der Waals surface area contributed by atoms with Crippen LogP contribution < -0.4 is 5.32 Å². The zero-order chi connectivity index (χ0) is 21.5. The minimum absolute atomic E-state index is 0.0826. The van der Waals surface area contributed by atoms with Crippen LogP contribution in [0.25, 0.3) is 11.3 Å². The summed E-state index contributed by atoms with van der Waals surface area (Å²) in [6.45, 7) is 0.533. The van der Waals surface area contributed by atoms with Gasteiger partial charge in [0.25, 0.3) is 0 Å². The molecule has 0 fully saturated rings. The number of amides is 1. The fraction of sp³-hybridized carbons (Fsp3) is 0.154. The van der Waals surface area contributed by atoms with Crippen LogP contribution in [0, 0.1) is 5.82 Å². The molecule has 4 aromatic rings. The molecule has 4 rings (SSSR count). The van der Waals surface area contributed by atoms with Crippen LogP contribution in [0.5, 0.6) is 0 Å². The van der Waals surface area contributed by atoms with Crippen LogP contribution in [0.15, 0.2) is 95.5 Å². The molecule has 0 aliphatic rings. The fourth-order valence-electron chi connectivity index (χ4n) is 3.66. The van der Waals surface area contributed by atoms with Crippen molar-refractivity contribution in [2.75, 3.05) is 6.54 Å². The molecule has 0 spiro atoms. The lowest BCUT2D eigenvalue weighted by atomic mass is 9.88. The molecule has 1 N–H and O–H groups in total. The van der Waals surface area contributed by atoms with Gasteiger partial charge in [-0.25, -0.2) is 4.39 Å². The van der Waals surface area contributed by atoms with Gasteiger partial charge < -0.3 is 9.84 Å². The molecule has 5 heteroatoms. The summed E-state index contributed by atoms with van der Waals surface area (Å²) in [5.41, 5.74) is 3.23. The van der Waals surface area contributed by atoms with Gasteiger partial charge in [0.1, 0.15) is 5.82 Å². The number of benzene rings is 3. The maximum absolute atomic E-state index is 13.9. The molecule has 1 amide bonds. The van der Waals surface area contributed by atoms with Crippen molar-refractivity contribution < 1.29 is 13.7 Å². The Balaban J connectivity index is 1.36. The number of halogens is 1. The number of hydrogen-bond acceptors (Lipinski definition) is 3. The van der Waals surface area contributed by atoms with Gasteiger partial charge in [-0.1, -0.05) is 78.0 Å². The third kappa shape index (κ3) is 5.25. The van der Waals surface area contributed by atoms with E-state index in [0.717, 1.165) is 6.42 Å². The van der Waals surface area contributed by atoms with E-state index in [1.54, 1.807) is 24.3 Å². The number of rotatable bonds is 8. The predicted molar refractivity (Wildman–Crippen MR) is 118 cm³/mol. The maximum Gasteiger partial charge on any atom is 0.226 e. The van der Waals surface area contributed by atoms with Gasteiger partial charge in [0.05, 0.1) is 17.7 Å². The molecule has 4 nitrogen and oxygen atoms in total. The monoisotopic (exact) mass is 414 g/mol. The van der Waals surface area contributed by atoms with Crippen molar-refractivity contribution in [2.45, 2.75) is 18.8 Å². The summed E-state index contributed by atoms with van der Waals surface area (Å²) < 4.78 is 19.1. The van der Waals surface area contributed by atoms with Crippen molar-refractivity contribution in [3.63, 3.8) is 0 Å². The van der Waals surface area contributed by atoms with E-state index in [4.69, 9.17) is 4.52 Å². The summed E-state index contributed by atoms with van der Waals surface area (Å²) in [5, 5.41) is 6.88. The summed E-state index contributed by atoms with van der Waals surface area (Å²) in [5.74, 6) is -0.0210. The van der Waals surface area contributed by atoms with Gasteiger partial charge in [-0.15, -0.1) is 0 Å². The van der Waals surface area contributed by atoms with Gasteiger partial charge >= 0.3 is 0 Å². The Bertz CT molecular complexity index is 1090. The highest BCUT2D eigenvalue weighted by Crippen LogP contribution is 2.27. The first-order valence-electron chi connectivity index (χ1n) is 10.3. The van der Waals surface area contributed by atoms with Crippen LogP contribution in [0.2, 0.25) is 0 Å². The third-order valence-corrected chi connectivity index (χ3v) is 5.20. The zero-order valence-electron chi connectivity index (χ0n) is 17.0. The van der Waals surface area contributed by atoms with Crippen LogP contribution >= 0.6 is 0 Å². The molecule has 1 heterocycles. The zero-order valence-corrected chi connectivity index (χ0v) is 17.0. The molecule has 0 saturated heterocycles. The van der Waals surface area contributed by atoms with E-state index in [1.165, 1.54) is 17.2 Å². The minimum atomic E-state index is -0.387. The average molecular weight is 414 g/mol. The van der Waals surface area contributed by atoms with Gasteiger partial charge in [0.15, 0.2) is 5.76 Å². The Kier molecular flexibility index (Phi) is 6.53. The van der Waals surface area contributed by atoms with Gasteiger partial charge in [0.2, 0.25) is 5.91 Å². The molecule has 0 unspecified atom stereocenters. The summed E-state index contributed by atoms with van der Waals surface area (Å²) in [7, 11) is 0. The molecular formula is C26H23FN2O2. The quantitative estimate of drug-likeness (QED) is 0.422. The molecule has 0 saturated carbocycles. The van der Waals surface area contributed by atoms with Crippen LogP contribution in [0.4, 0.5) is 4.39 Å². The second kappa shape index (κ2) is 9.85. The maximum atomic E-state index is 13.9. The lowest BCUT2D eigenvalue weighted by Crippen LogP contribution is -2.27. The van der Waals surface area contributed by atoms with Crippen molar-refractivity contribution in [3.05, 3.63) is 114 Å². The van der Waals surface area contributed by atoms with Crippen molar-refractivity contribution in [1.29, 1.82) is 0 Å². The predicted octanol–water partition coefficient (Wildman–Crippen LogP) is 5.36. The standard InChI is InChI=1S/C26H23FN2O2/c27-24-14-8-7-13-23(24)25-17-21(29-31-25)18-26(30)28-16-15-22(19-9-3-1-4-10-19)20-11-5-2-6-12-20/h1-14,17,22H,15-16,18H2,(H,28,30). The molecule has 0 aliphatic carbocycles. The van der Waals surface area contributed by atoms with Gasteiger partial charge in [0, 0.05) is 18.5 Å². The SMILES string of the molecule is O=C(Cc1cc(-c2ccccc2F)on1)NCCC(c1ccccc1)c1ccccc1. The second-order valence-corrected chi connectivity index (χ2v) is 7.35. The fourth-order valence-corrected chi connectivity index (χ4v) is 3.66. The number of carbonyl (C=O) groups is 1. The molecule has 156 valence electrons. The number of aromatic nitrogens is 1. The Morgan fingerprint density at radius 2 is 1.52 bits per heavy atom. The van der Waals surface area contributed by atoms with Gasteiger partial charge in [-0.2, -0.15) is 0 Å². The van der Waals surface area contributed by atoms with E-state index in [9.17, 15) is 9.18 Å². The molecule has 0 atom stereocenters. The summed E-state index contributed by atoms with van der Waals surface area (Å²) in [6, 6.07) is 28.5. The second-order valence-electron chi connectivity index (χ2n) is 7.35. The van der Waals surface area contributed by atoms with Crippen LogP contribution in [0.3, 0.4) is 0 Å². The molecule has 0 aliphatic heterocycles. The number of nitrogens with zero attached hydrogens (tertiary/aromatic N) is 1. The van der Waals surface area contributed by atoms with Gasteiger partial charge in [-0.05, 0) is 29.7 Å². The molecule has 31 heavy (non-hydrogen) atoms. The normalized spacial score (nSPS) is 10.9. The minimum Gasteiger partial charge on any atom is -0.356 e. The van der Waals surface area contributed by atoms with E-state index in [2.05, 4.69) is 34.7 Å². The average Bonchev–Trinajstić information content (AvgIpc) is 3.26. The third-order valence-electron chi connectivity index (χ3n) is 5.20. The van der Waals surface area contributed by atoms with E-state index in [0.29, 0.717) is 23.6 Å². The number of hydrogen-bond donors (Lipinski definition) is 1. The largest absolute Gasteiger partial charge is 0.356 e. The summed E-state index contributed by atoms with van der Waals surface area (Å²) in [6.07, 6.45) is 0.859. The van der Waals surface area contributed by atoms with Gasteiger partial charge in [-0.3, -0.25) is 4.79 Å². The number of nitrogens with one attached hydrogen (secondary N) is 1. The first-order chi connectivity index (χ1) is 15.2. The number of carbonyl (C=O) groups excluding carboxylic acids is 1. The molecule has 0 radical (unpaired) electrons. The highest BCUT2D eigenvalue weighted by Gasteiger charge is 2.16. The van der Waals surface area contributed by atoms with Crippen LogP contribution in [-0.4, -0.2) is 17.6 Å². The van der Waals surface area contributed by atoms with E-state index in [1.807, 2.05) is 36.4 Å². The molecule has 0 bridgehead atoms. The summed E-state index contributed by atoms with van der Waals surface area (Å²) >= 11 is 0. The highest BCUT2D eigenvalue weighted by molar-refractivity contribution is 5.78. The van der Waals surface area contributed by atoms with E-state index >= 15 is 0 Å². The molecular weight excluding hydrogens is 391 g/mol. The van der Waals surface area contributed by atoms with E-state index < -0.39 is 0 Å². The Morgan fingerprint density at radius 3 is 2.16 bits per heavy atom. The van der Waals surface area contributed by atoms with Crippen LogP contribution in [-0.2, 0) is 11.2 Å². The lowest BCUT2D eigenvalue weighted by Gasteiger charge is -2.18. The highest BCUT2D eigenvalue weighted by atomic mass is 19.1. The van der Waals surface area contributed by atoms with Crippen molar-refractivity contribution >= 4 is 5.91 Å². The van der Waals surface area contributed by atoms with Crippen molar-refractivity contribution in [1.82, 2.24) is 10.5 Å². The Hall–Kier alpha value is -3.73. The Morgan fingerprint density at radius 1 is 0.903 bits per heavy atom. The first kappa shape index (κ1) is 20.5. The van der Waals surface area contributed by atoms with Crippen molar-refractivity contribution in [3.8, 4) is 11.3 Å². The first-order valence-corrected chi connectivity index (χ1v) is 10.3. The topological polar surface area (TPSA) is 55.1 Å². The summed E-state index contributed by atoms with van der Waals surface area (Å²) in [4.78, 5) is 12.4. The van der Waals surface area contributed by atoms with E-state index in [-0.39, 0.29) is 24.1 Å². The lowest BCUT2D eigenvalue weighted by molar-refractivity contribution is -0.120. The Labute approximate surface area is 180 Å². The molecule has 3 aromatic carbocycles.